The summed E-state index contributed by atoms with van der Waals surface area (Å²) in [5, 5.41) is 26.9. The maximum atomic E-state index is 9.36. The molecule has 0 aliphatic carbocycles. The summed E-state index contributed by atoms with van der Waals surface area (Å²) in [5.74, 6) is -0.338. The highest BCUT2D eigenvalue weighted by atomic mass is 16.5. The fourth-order valence-electron chi connectivity index (χ4n) is 1.43. The first-order valence-corrected chi connectivity index (χ1v) is 3.76. The minimum Gasteiger partial charge on any atom is -0.396 e. The second-order valence-electron chi connectivity index (χ2n) is 2.90. The zero-order valence-corrected chi connectivity index (χ0v) is 6.47. The van der Waals surface area contributed by atoms with Crippen molar-refractivity contribution >= 4 is 0 Å². The van der Waals surface area contributed by atoms with Crippen molar-refractivity contribution in [3.63, 3.8) is 0 Å². The summed E-state index contributed by atoms with van der Waals surface area (Å²) in [6, 6.07) is 0. The molecule has 11 heavy (non-hydrogen) atoms. The Hall–Kier alpha value is -0.160. The second kappa shape index (κ2) is 3.49. The minimum absolute atomic E-state index is 0.142. The van der Waals surface area contributed by atoms with E-state index < -0.39 is 12.2 Å². The van der Waals surface area contributed by atoms with E-state index in [4.69, 9.17) is 14.9 Å². The number of hydrogen-bond donors (Lipinski definition) is 3. The Morgan fingerprint density at radius 3 is 2.27 bits per heavy atom. The summed E-state index contributed by atoms with van der Waals surface area (Å²) >= 11 is 0. The van der Waals surface area contributed by atoms with Crippen LogP contribution in [-0.4, -0.2) is 46.8 Å². The third-order valence-corrected chi connectivity index (χ3v) is 2.18. The van der Waals surface area contributed by atoms with Crippen LogP contribution in [0.5, 0.6) is 0 Å². The van der Waals surface area contributed by atoms with Crippen molar-refractivity contribution in [1.29, 1.82) is 0 Å². The van der Waals surface area contributed by atoms with Crippen molar-refractivity contribution in [2.45, 2.75) is 25.2 Å². The van der Waals surface area contributed by atoms with E-state index in [1.54, 1.807) is 6.92 Å². The number of rotatable bonds is 2. The van der Waals surface area contributed by atoms with E-state index in [1.807, 2.05) is 0 Å². The van der Waals surface area contributed by atoms with E-state index in [-0.39, 0.29) is 25.2 Å². The monoisotopic (exact) mass is 162 g/mol. The van der Waals surface area contributed by atoms with Gasteiger partial charge in [-0.25, -0.2) is 0 Å². The lowest BCUT2D eigenvalue weighted by Crippen LogP contribution is -2.30. The quantitative estimate of drug-likeness (QED) is 0.474. The summed E-state index contributed by atoms with van der Waals surface area (Å²) in [4.78, 5) is 0. The first kappa shape index (κ1) is 8.93. The first-order valence-electron chi connectivity index (χ1n) is 3.76. The average Bonchev–Trinajstić information content (AvgIpc) is 2.28. The van der Waals surface area contributed by atoms with Crippen molar-refractivity contribution in [2.75, 3.05) is 13.2 Å². The molecule has 1 aliphatic heterocycles. The number of ether oxygens (including phenoxy) is 1. The molecule has 4 heteroatoms. The Morgan fingerprint density at radius 2 is 1.91 bits per heavy atom. The molecule has 1 aliphatic rings. The van der Waals surface area contributed by atoms with Gasteiger partial charge < -0.3 is 20.1 Å². The highest BCUT2D eigenvalue weighted by Crippen LogP contribution is 2.25. The van der Waals surface area contributed by atoms with Crippen LogP contribution in [0.15, 0.2) is 0 Å². The average molecular weight is 162 g/mol. The fraction of sp³-hybridized carbons (Fsp3) is 1.00. The molecule has 0 bridgehead atoms. The van der Waals surface area contributed by atoms with Crippen LogP contribution in [0.4, 0.5) is 0 Å². The molecule has 1 rings (SSSR count). The lowest BCUT2D eigenvalue weighted by molar-refractivity contribution is -0.00514. The lowest BCUT2D eigenvalue weighted by atomic mass is 9.98. The standard InChI is InChI=1S/C7H14O4/c1-4-7(10)5(2-8)6(3-9)11-4/h4-10H,2-3H2,1H3/t4?,5-,6+,7?/m0/s1. The van der Waals surface area contributed by atoms with Crippen LogP contribution in [0.2, 0.25) is 0 Å². The van der Waals surface area contributed by atoms with Gasteiger partial charge in [-0.2, -0.15) is 0 Å². The summed E-state index contributed by atoms with van der Waals surface area (Å²) in [6.07, 6.45) is -1.36. The van der Waals surface area contributed by atoms with Crippen LogP contribution < -0.4 is 0 Å². The molecule has 66 valence electrons. The van der Waals surface area contributed by atoms with Crippen molar-refractivity contribution in [1.82, 2.24) is 0 Å². The first-order chi connectivity index (χ1) is 5.20. The van der Waals surface area contributed by atoms with E-state index in [9.17, 15) is 5.11 Å². The molecule has 0 aromatic carbocycles. The van der Waals surface area contributed by atoms with Gasteiger partial charge in [-0.3, -0.25) is 0 Å². The van der Waals surface area contributed by atoms with Crippen molar-refractivity contribution in [3.8, 4) is 0 Å². The van der Waals surface area contributed by atoms with Gasteiger partial charge >= 0.3 is 0 Å². The van der Waals surface area contributed by atoms with E-state index in [0.717, 1.165) is 0 Å². The maximum absolute atomic E-state index is 9.36. The molecule has 1 fully saturated rings. The highest BCUT2D eigenvalue weighted by Gasteiger charge is 2.40. The summed E-state index contributed by atoms with van der Waals surface area (Å²) in [7, 11) is 0. The zero-order chi connectivity index (χ0) is 8.43. The molecule has 0 radical (unpaired) electrons. The van der Waals surface area contributed by atoms with Gasteiger partial charge in [0.25, 0.3) is 0 Å². The molecule has 2 unspecified atom stereocenters. The largest absolute Gasteiger partial charge is 0.396 e. The fourth-order valence-corrected chi connectivity index (χ4v) is 1.43. The van der Waals surface area contributed by atoms with Gasteiger partial charge in [0.2, 0.25) is 0 Å². The number of aliphatic hydroxyl groups is 3. The molecule has 0 spiro atoms. The van der Waals surface area contributed by atoms with E-state index >= 15 is 0 Å². The Balaban J connectivity index is 2.57. The molecule has 1 saturated heterocycles. The van der Waals surface area contributed by atoms with Gasteiger partial charge in [0.05, 0.1) is 31.5 Å². The SMILES string of the molecule is CC1O[C@H](CO)[C@H](CO)C1O. The second-order valence-corrected chi connectivity index (χ2v) is 2.90. The van der Waals surface area contributed by atoms with Crippen molar-refractivity contribution in [3.05, 3.63) is 0 Å². The van der Waals surface area contributed by atoms with Crippen molar-refractivity contribution in [2.24, 2.45) is 5.92 Å². The topological polar surface area (TPSA) is 69.9 Å². The van der Waals surface area contributed by atoms with Gasteiger partial charge in [-0.15, -0.1) is 0 Å². The van der Waals surface area contributed by atoms with Crippen LogP contribution in [-0.2, 0) is 4.74 Å². The van der Waals surface area contributed by atoms with Crippen LogP contribution >= 0.6 is 0 Å². The number of hydrogen-bond acceptors (Lipinski definition) is 4. The van der Waals surface area contributed by atoms with Crippen LogP contribution in [0, 0.1) is 5.92 Å². The van der Waals surface area contributed by atoms with Gasteiger partial charge in [0.15, 0.2) is 0 Å². The Bertz CT molecular complexity index is 128. The molecule has 3 N–H and O–H groups in total. The molecular weight excluding hydrogens is 148 g/mol. The molecule has 0 aromatic rings. The Kier molecular flexibility index (Phi) is 2.84. The molecular formula is C7H14O4. The predicted octanol–water partition coefficient (Wildman–Crippen LogP) is -1.26. The van der Waals surface area contributed by atoms with Crippen LogP contribution in [0.25, 0.3) is 0 Å². The number of aliphatic hydroxyl groups excluding tert-OH is 3. The molecule has 0 amide bonds. The summed E-state index contributed by atoms with van der Waals surface area (Å²) in [6.45, 7) is 1.44. The van der Waals surface area contributed by atoms with Crippen LogP contribution in [0.1, 0.15) is 6.92 Å². The Morgan fingerprint density at radius 1 is 1.27 bits per heavy atom. The van der Waals surface area contributed by atoms with E-state index in [2.05, 4.69) is 0 Å². The Labute approximate surface area is 65.4 Å². The smallest absolute Gasteiger partial charge is 0.0886 e. The van der Waals surface area contributed by atoms with E-state index in [1.165, 1.54) is 0 Å². The van der Waals surface area contributed by atoms with Gasteiger partial charge in [-0.1, -0.05) is 0 Å². The minimum atomic E-state index is -0.655. The third-order valence-electron chi connectivity index (χ3n) is 2.18. The highest BCUT2D eigenvalue weighted by molar-refractivity contribution is 4.87. The maximum Gasteiger partial charge on any atom is 0.0886 e. The predicted molar refractivity (Wildman–Crippen MR) is 38.0 cm³/mol. The summed E-state index contributed by atoms with van der Waals surface area (Å²) < 4.78 is 5.17. The molecule has 0 aromatic heterocycles. The van der Waals surface area contributed by atoms with Gasteiger partial charge in [-0.05, 0) is 6.92 Å². The lowest BCUT2D eigenvalue weighted by Gasteiger charge is -2.14. The van der Waals surface area contributed by atoms with Crippen molar-refractivity contribution < 1.29 is 20.1 Å². The van der Waals surface area contributed by atoms with Crippen LogP contribution in [0.3, 0.4) is 0 Å². The molecule has 0 saturated carbocycles. The van der Waals surface area contributed by atoms with E-state index in [0.29, 0.717) is 0 Å². The van der Waals surface area contributed by atoms with Gasteiger partial charge in [0.1, 0.15) is 0 Å². The molecule has 1 heterocycles. The molecule has 4 nitrogen and oxygen atoms in total. The normalized spacial score (nSPS) is 44.7. The zero-order valence-electron chi connectivity index (χ0n) is 6.47. The van der Waals surface area contributed by atoms with Gasteiger partial charge in [0, 0.05) is 5.92 Å². The third kappa shape index (κ3) is 1.54. The molecule has 4 atom stereocenters. The summed E-state index contributed by atoms with van der Waals surface area (Å²) in [5.41, 5.74) is 0.